The van der Waals surface area contributed by atoms with Gasteiger partial charge in [0.25, 0.3) is 0 Å². The van der Waals surface area contributed by atoms with E-state index in [1.807, 2.05) is 39.0 Å². The molecular formula is C23H30Cl2N8. The molecule has 0 amide bonds. The van der Waals surface area contributed by atoms with E-state index >= 15 is 0 Å². The molecule has 1 saturated heterocycles. The fourth-order valence-electron chi connectivity index (χ4n) is 3.96. The number of anilines is 3. The van der Waals surface area contributed by atoms with Crippen LogP contribution in [-0.4, -0.2) is 67.9 Å². The predicted molar refractivity (Wildman–Crippen MR) is 134 cm³/mol. The zero-order chi connectivity index (χ0) is 23.6. The molecule has 1 N–H and O–H groups in total. The minimum Gasteiger partial charge on any atom is -0.338 e. The molecule has 33 heavy (non-hydrogen) atoms. The first-order valence-electron chi connectivity index (χ1n) is 11.3. The van der Waals surface area contributed by atoms with Gasteiger partial charge in [-0.05, 0) is 27.3 Å². The normalized spacial score (nSPS) is 23.2. The first-order valence-corrected chi connectivity index (χ1v) is 12.0. The van der Waals surface area contributed by atoms with Gasteiger partial charge in [-0.15, -0.1) is 11.6 Å². The monoisotopic (exact) mass is 488 g/mol. The number of piperazine rings is 1. The fourth-order valence-corrected chi connectivity index (χ4v) is 4.48. The number of aromatic nitrogens is 5. The van der Waals surface area contributed by atoms with Gasteiger partial charge in [0.1, 0.15) is 11.0 Å². The lowest BCUT2D eigenvalue weighted by atomic mass is 9.84. The van der Waals surface area contributed by atoms with Crippen LogP contribution in [0.3, 0.4) is 0 Å². The molecule has 1 aliphatic carbocycles. The van der Waals surface area contributed by atoms with Gasteiger partial charge in [0.2, 0.25) is 17.8 Å². The van der Waals surface area contributed by atoms with Crippen molar-refractivity contribution in [1.29, 1.82) is 0 Å². The first kappa shape index (κ1) is 23.9. The van der Waals surface area contributed by atoms with E-state index in [1.165, 1.54) is 0 Å². The summed E-state index contributed by atoms with van der Waals surface area (Å²) in [4.78, 5) is 26.9. The van der Waals surface area contributed by atoms with Crippen LogP contribution in [-0.2, 0) is 12.8 Å². The highest BCUT2D eigenvalue weighted by Gasteiger charge is 2.30. The van der Waals surface area contributed by atoms with E-state index in [0.29, 0.717) is 35.8 Å². The van der Waals surface area contributed by atoms with E-state index in [1.54, 1.807) is 0 Å². The van der Waals surface area contributed by atoms with Crippen molar-refractivity contribution in [1.82, 2.24) is 29.8 Å². The van der Waals surface area contributed by atoms with Crippen LogP contribution in [0.15, 0.2) is 24.3 Å². The van der Waals surface area contributed by atoms with Crippen molar-refractivity contribution in [3.05, 3.63) is 46.5 Å². The van der Waals surface area contributed by atoms with Gasteiger partial charge in [-0.2, -0.15) is 15.0 Å². The van der Waals surface area contributed by atoms with E-state index in [9.17, 15) is 0 Å². The van der Waals surface area contributed by atoms with Crippen LogP contribution in [0, 0.1) is 12.8 Å². The second-order valence-corrected chi connectivity index (χ2v) is 9.92. The molecule has 1 aliphatic heterocycles. The van der Waals surface area contributed by atoms with E-state index < -0.39 is 4.87 Å². The number of allylic oxidation sites excluding steroid dienone is 4. The molecule has 1 fully saturated rings. The Balaban J connectivity index is 1.55. The number of nitrogens with zero attached hydrogens (tertiary/aromatic N) is 7. The molecule has 2 unspecified atom stereocenters. The van der Waals surface area contributed by atoms with Crippen molar-refractivity contribution in [3.63, 3.8) is 0 Å². The fraction of sp³-hybridized carbons (Fsp3) is 0.522. The first-order chi connectivity index (χ1) is 15.7. The minimum absolute atomic E-state index is 0.101. The number of hydrogen-bond acceptors (Lipinski definition) is 8. The SMILES string of the molecule is CCc1nc(Nc2nc(C)c(CC3C=CC=CC3(C)Cl)c(Cl)n2)nc(N2CCN(C)CC2)n1. The molecule has 10 heteroatoms. The molecule has 0 bridgehead atoms. The molecule has 3 heterocycles. The van der Waals surface area contributed by atoms with Crippen molar-refractivity contribution in [2.75, 3.05) is 43.4 Å². The maximum atomic E-state index is 6.68. The van der Waals surface area contributed by atoms with Crippen LogP contribution in [0.5, 0.6) is 0 Å². The molecule has 2 aromatic heterocycles. The van der Waals surface area contributed by atoms with Crippen molar-refractivity contribution in [3.8, 4) is 0 Å². The third kappa shape index (κ3) is 5.62. The van der Waals surface area contributed by atoms with Crippen LogP contribution < -0.4 is 10.2 Å². The molecule has 2 aromatic rings. The van der Waals surface area contributed by atoms with E-state index in [0.717, 1.165) is 43.3 Å². The molecule has 0 aromatic carbocycles. The molecular weight excluding hydrogens is 459 g/mol. The van der Waals surface area contributed by atoms with Gasteiger partial charge in [0, 0.05) is 49.8 Å². The zero-order valence-electron chi connectivity index (χ0n) is 19.5. The largest absolute Gasteiger partial charge is 0.338 e. The average molecular weight is 489 g/mol. The summed E-state index contributed by atoms with van der Waals surface area (Å²) in [6.45, 7) is 9.67. The van der Waals surface area contributed by atoms with E-state index in [-0.39, 0.29) is 5.92 Å². The van der Waals surface area contributed by atoms with E-state index in [2.05, 4.69) is 53.2 Å². The Hall–Kier alpha value is -2.29. The van der Waals surface area contributed by atoms with Gasteiger partial charge in [-0.25, -0.2) is 9.97 Å². The Morgan fingerprint density at radius 2 is 1.79 bits per heavy atom. The van der Waals surface area contributed by atoms with Gasteiger partial charge >= 0.3 is 0 Å². The van der Waals surface area contributed by atoms with Gasteiger partial charge in [0.15, 0.2) is 0 Å². The summed E-state index contributed by atoms with van der Waals surface area (Å²) >= 11 is 13.3. The highest BCUT2D eigenvalue weighted by molar-refractivity contribution is 6.30. The highest BCUT2D eigenvalue weighted by Crippen LogP contribution is 2.35. The Labute approximate surface area is 205 Å². The standard InChI is InChI=1S/C23H30Cl2N8/c1-5-18-27-21(31-22(28-18)33-12-10-32(4)11-13-33)30-20-26-15(2)17(19(24)29-20)14-16-8-6-7-9-23(16,3)25/h6-9,16H,5,10-14H2,1-4H3,(H,26,27,28,29,30,31). The quantitative estimate of drug-likeness (QED) is 0.482. The molecule has 4 rings (SSSR count). The summed E-state index contributed by atoms with van der Waals surface area (Å²) in [7, 11) is 2.12. The number of halogens is 2. The van der Waals surface area contributed by atoms with Crippen molar-refractivity contribution >= 4 is 41.0 Å². The molecule has 2 aliphatic rings. The summed E-state index contributed by atoms with van der Waals surface area (Å²) in [6.07, 6.45) is 9.45. The maximum Gasteiger partial charge on any atom is 0.234 e. The molecule has 2 atom stereocenters. The third-order valence-corrected chi connectivity index (χ3v) is 6.90. The number of hydrogen-bond donors (Lipinski definition) is 1. The number of aryl methyl sites for hydroxylation is 2. The summed E-state index contributed by atoms with van der Waals surface area (Å²) < 4.78 is 0. The van der Waals surface area contributed by atoms with Crippen LogP contribution in [0.2, 0.25) is 5.15 Å². The Kier molecular flexibility index (Phi) is 7.16. The van der Waals surface area contributed by atoms with Gasteiger partial charge in [0.05, 0.1) is 4.87 Å². The predicted octanol–water partition coefficient (Wildman–Crippen LogP) is 3.96. The number of likely N-dealkylation sites (N-methyl/N-ethyl adjacent to an activating group) is 1. The molecule has 176 valence electrons. The maximum absolute atomic E-state index is 6.68. The molecule has 8 nitrogen and oxygen atoms in total. The Morgan fingerprint density at radius 1 is 1.06 bits per heavy atom. The van der Waals surface area contributed by atoms with Crippen LogP contribution >= 0.6 is 23.2 Å². The lowest BCUT2D eigenvalue weighted by molar-refractivity contribution is 0.311. The summed E-state index contributed by atoms with van der Waals surface area (Å²) in [5.74, 6) is 2.29. The minimum atomic E-state index is -0.470. The zero-order valence-corrected chi connectivity index (χ0v) is 21.0. The summed E-state index contributed by atoms with van der Waals surface area (Å²) in [6, 6.07) is 0. The Morgan fingerprint density at radius 3 is 2.45 bits per heavy atom. The lowest BCUT2D eigenvalue weighted by Crippen LogP contribution is -2.45. The smallest absolute Gasteiger partial charge is 0.234 e. The number of rotatable bonds is 6. The van der Waals surface area contributed by atoms with Crippen molar-refractivity contribution in [2.24, 2.45) is 5.92 Å². The third-order valence-electron chi connectivity index (χ3n) is 6.18. The topological polar surface area (TPSA) is 83.0 Å². The van der Waals surface area contributed by atoms with Crippen molar-refractivity contribution < 1.29 is 0 Å². The molecule has 0 radical (unpaired) electrons. The molecule has 0 saturated carbocycles. The van der Waals surface area contributed by atoms with Gasteiger partial charge in [-0.1, -0.05) is 42.8 Å². The summed E-state index contributed by atoms with van der Waals surface area (Å²) in [5.41, 5.74) is 1.69. The second-order valence-electron chi connectivity index (χ2n) is 8.75. The second kappa shape index (κ2) is 9.91. The van der Waals surface area contributed by atoms with Gasteiger partial charge in [-0.3, -0.25) is 5.32 Å². The molecule has 0 spiro atoms. The number of nitrogens with one attached hydrogen (secondary N) is 1. The lowest BCUT2D eigenvalue weighted by Gasteiger charge is -2.32. The van der Waals surface area contributed by atoms with Crippen LogP contribution in [0.1, 0.15) is 30.9 Å². The van der Waals surface area contributed by atoms with Crippen LogP contribution in [0.25, 0.3) is 0 Å². The summed E-state index contributed by atoms with van der Waals surface area (Å²) in [5, 5.41) is 3.55. The van der Waals surface area contributed by atoms with Gasteiger partial charge < -0.3 is 9.80 Å². The van der Waals surface area contributed by atoms with E-state index in [4.69, 9.17) is 23.2 Å². The number of alkyl halides is 1. The Bertz CT molecular complexity index is 1040. The van der Waals surface area contributed by atoms with Crippen LogP contribution in [0.4, 0.5) is 17.8 Å². The van der Waals surface area contributed by atoms with Crippen molar-refractivity contribution in [2.45, 2.75) is 38.5 Å². The highest BCUT2D eigenvalue weighted by atomic mass is 35.5. The average Bonchev–Trinajstić information content (AvgIpc) is 2.77.